The molecule has 186 valence electrons. The molecule has 9 heteroatoms. The minimum atomic E-state index is -0.707. The van der Waals surface area contributed by atoms with Crippen LogP contribution < -0.4 is 21.9 Å². The maximum atomic E-state index is 13.5. The molecule has 0 aliphatic heterocycles. The van der Waals surface area contributed by atoms with Crippen LogP contribution in [0.25, 0.3) is 11.3 Å². The number of aromatic nitrogens is 3. The number of aromatic amines is 2. The van der Waals surface area contributed by atoms with E-state index in [1.165, 1.54) is 16.6 Å². The summed E-state index contributed by atoms with van der Waals surface area (Å²) in [6, 6.07) is 23.1. The summed E-state index contributed by atoms with van der Waals surface area (Å²) < 4.78 is 6.27. The van der Waals surface area contributed by atoms with E-state index >= 15 is 0 Å². The van der Waals surface area contributed by atoms with Gasteiger partial charge >= 0.3 is 5.69 Å². The molecule has 0 unspecified atom stereocenters. The second-order valence-electron chi connectivity index (χ2n) is 8.37. The lowest BCUT2D eigenvalue weighted by atomic mass is 10.1. The van der Waals surface area contributed by atoms with Gasteiger partial charge in [0.2, 0.25) is 5.91 Å². The van der Waals surface area contributed by atoms with Gasteiger partial charge in [-0.25, -0.2) is 4.79 Å². The molecule has 0 aliphatic rings. The number of hydrogen-bond acceptors (Lipinski definition) is 5. The van der Waals surface area contributed by atoms with Gasteiger partial charge in [0, 0.05) is 24.9 Å². The molecule has 0 bridgehead atoms. The zero-order chi connectivity index (χ0) is 25.5. The number of H-pyrrole nitrogens is 2. The van der Waals surface area contributed by atoms with Gasteiger partial charge < -0.3 is 20.4 Å². The molecule has 0 saturated carbocycles. The number of ether oxygens (including phenoxy) is 1. The van der Waals surface area contributed by atoms with Gasteiger partial charge in [-0.1, -0.05) is 60.7 Å². The Hall–Kier alpha value is -4.37. The number of nitrogens with zero attached hydrogens (tertiary/aromatic N) is 2. The zero-order valence-electron chi connectivity index (χ0n) is 20.1. The highest BCUT2D eigenvalue weighted by molar-refractivity contribution is 5.95. The molecule has 4 aromatic rings. The molecule has 9 nitrogen and oxygen atoms in total. The molecular formula is C27H29N5O4. The number of nitrogens with one attached hydrogen (secondary N) is 2. The molecule has 0 radical (unpaired) electrons. The van der Waals surface area contributed by atoms with Gasteiger partial charge in [-0.15, -0.1) is 0 Å². The average molecular weight is 488 g/mol. The minimum absolute atomic E-state index is 0.0454. The number of amides is 1. The molecule has 2 aromatic heterocycles. The van der Waals surface area contributed by atoms with Crippen molar-refractivity contribution in [2.45, 2.75) is 25.9 Å². The molecule has 0 aliphatic carbocycles. The Morgan fingerprint density at radius 1 is 0.972 bits per heavy atom. The van der Waals surface area contributed by atoms with Crippen molar-refractivity contribution in [3.63, 3.8) is 0 Å². The van der Waals surface area contributed by atoms with Crippen molar-refractivity contribution in [3.8, 4) is 11.3 Å². The average Bonchev–Trinajstić information content (AvgIpc) is 3.37. The highest BCUT2D eigenvalue weighted by Crippen LogP contribution is 2.22. The lowest BCUT2D eigenvalue weighted by molar-refractivity contribution is -0.118. The van der Waals surface area contributed by atoms with Crippen molar-refractivity contribution >= 4 is 17.4 Å². The first kappa shape index (κ1) is 24.7. The number of rotatable bonds is 10. The Bertz CT molecular complexity index is 1420. The van der Waals surface area contributed by atoms with E-state index in [0.717, 1.165) is 22.5 Å². The molecule has 0 atom stereocenters. The third kappa shape index (κ3) is 5.64. The van der Waals surface area contributed by atoms with E-state index in [-0.39, 0.29) is 43.5 Å². The number of nitrogens with two attached hydrogens (primary N) is 1. The minimum Gasteiger partial charge on any atom is -0.383 e. The molecule has 0 saturated heterocycles. The molecule has 2 aromatic carbocycles. The van der Waals surface area contributed by atoms with Gasteiger partial charge in [-0.05, 0) is 29.7 Å². The van der Waals surface area contributed by atoms with E-state index < -0.39 is 11.2 Å². The Labute approximate surface area is 208 Å². The molecule has 2 heterocycles. The fourth-order valence-corrected chi connectivity index (χ4v) is 4.05. The summed E-state index contributed by atoms with van der Waals surface area (Å²) in [5.74, 6) is -0.361. The van der Waals surface area contributed by atoms with E-state index in [9.17, 15) is 14.4 Å². The van der Waals surface area contributed by atoms with Crippen LogP contribution in [0.1, 0.15) is 17.7 Å². The van der Waals surface area contributed by atoms with Gasteiger partial charge in [0.1, 0.15) is 5.82 Å². The first-order valence-electron chi connectivity index (χ1n) is 11.7. The Morgan fingerprint density at radius 2 is 1.67 bits per heavy atom. The zero-order valence-corrected chi connectivity index (χ0v) is 20.1. The number of nitrogen functional groups attached to an aromatic ring is 1. The summed E-state index contributed by atoms with van der Waals surface area (Å²) in [5.41, 5.74) is 8.62. The van der Waals surface area contributed by atoms with Crippen LogP contribution in [0, 0.1) is 0 Å². The molecule has 1 amide bonds. The van der Waals surface area contributed by atoms with Crippen LogP contribution in [0.3, 0.4) is 0 Å². The second kappa shape index (κ2) is 11.4. The number of carbonyl (C=O) groups excluding carboxylic acids is 1. The SMILES string of the molecule is COCCn1c(N)c(N(Cc2ccccc2)C(=O)CCc2ccc(-c3ccccc3)[nH]2)c(=O)[nH]c1=O. The van der Waals surface area contributed by atoms with Crippen LogP contribution in [-0.4, -0.2) is 34.2 Å². The molecule has 0 fully saturated rings. The quantitative estimate of drug-likeness (QED) is 0.317. The van der Waals surface area contributed by atoms with Crippen molar-refractivity contribution in [2.75, 3.05) is 24.4 Å². The summed E-state index contributed by atoms with van der Waals surface area (Å²) in [4.78, 5) is 45.7. The van der Waals surface area contributed by atoms with Crippen LogP contribution in [0.2, 0.25) is 0 Å². The van der Waals surface area contributed by atoms with Crippen LogP contribution in [-0.2, 0) is 29.0 Å². The summed E-state index contributed by atoms with van der Waals surface area (Å²) in [5, 5.41) is 0. The van der Waals surface area contributed by atoms with Gasteiger partial charge in [0.05, 0.1) is 19.7 Å². The summed E-state index contributed by atoms with van der Waals surface area (Å²) >= 11 is 0. The molecule has 4 N–H and O–H groups in total. The van der Waals surface area contributed by atoms with Gasteiger partial charge in [0.25, 0.3) is 5.56 Å². The maximum absolute atomic E-state index is 13.5. The van der Waals surface area contributed by atoms with E-state index in [1.54, 1.807) is 0 Å². The Morgan fingerprint density at radius 3 is 2.36 bits per heavy atom. The van der Waals surface area contributed by atoms with E-state index in [0.29, 0.717) is 6.42 Å². The Kier molecular flexibility index (Phi) is 7.82. The lowest BCUT2D eigenvalue weighted by Gasteiger charge is -2.24. The standard InChI is InChI=1S/C27H29N5O4/c1-36-17-16-31-25(28)24(26(34)30-27(31)35)32(18-19-8-4-2-5-9-19)23(33)15-13-21-12-14-22(29-21)20-10-6-3-7-11-20/h2-12,14,29H,13,15-18,28H2,1H3,(H,30,34,35). The third-order valence-corrected chi connectivity index (χ3v) is 5.93. The van der Waals surface area contributed by atoms with Gasteiger partial charge in [-0.2, -0.15) is 0 Å². The summed E-state index contributed by atoms with van der Waals surface area (Å²) in [7, 11) is 1.50. The van der Waals surface area contributed by atoms with Crippen LogP contribution in [0.4, 0.5) is 11.5 Å². The van der Waals surface area contributed by atoms with Crippen LogP contribution in [0.5, 0.6) is 0 Å². The monoisotopic (exact) mass is 487 g/mol. The smallest absolute Gasteiger partial charge is 0.330 e. The van der Waals surface area contributed by atoms with Gasteiger partial charge in [-0.3, -0.25) is 19.1 Å². The first-order valence-corrected chi connectivity index (χ1v) is 11.7. The van der Waals surface area contributed by atoms with Gasteiger partial charge in [0.15, 0.2) is 5.69 Å². The number of aryl methyl sites for hydroxylation is 1. The topological polar surface area (TPSA) is 126 Å². The highest BCUT2D eigenvalue weighted by atomic mass is 16.5. The summed E-state index contributed by atoms with van der Waals surface area (Å²) in [6.45, 7) is 0.497. The van der Waals surface area contributed by atoms with E-state index in [2.05, 4.69) is 9.97 Å². The number of methoxy groups -OCH3 is 1. The highest BCUT2D eigenvalue weighted by Gasteiger charge is 2.24. The predicted octanol–water partition coefficient (Wildman–Crippen LogP) is 2.93. The fraction of sp³-hybridized carbons (Fsp3) is 0.222. The predicted molar refractivity (Wildman–Crippen MR) is 140 cm³/mol. The number of benzene rings is 2. The molecule has 0 spiro atoms. The fourth-order valence-electron chi connectivity index (χ4n) is 4.05. The van der Waals surface area contributed by atoms with Crippen LogP contribution in [0.15, 0.2) is 82.4 Å². The van der Waals surface area contributed by atoms with Crippen LogP contribution >= 0.6 is 0 Å². The third-order valence-electron chi connectivity index (χ3n) is 5.93. The number of carbonyl (C=O) groups is 1. The Balaban J connectivity index is 1.62. The molecule has 36 heavy (non-hydrogen) atoms. The number of hydrogen-bond donors (Lipinski definition) is 3. The van der Waals surface area contributed by atoms with E-state index in [1.807, 2.05) is 72.8 Å². The second-order valence-corrected chi connectivity index (χ2v) is 8.37. The normalized spacial score (nSPS) is 10.9. The molecular weight excluding hydrogens is 458 g/mol. The van der Waals surface area contributed by atoms with Crippen molar-refractivity contribution < 1.29 is 9.53 Å². The lowest BCUT2D eigenvalue weighted by Crippen LogP contribution is -2.41. The molecule has 4 rings (SSSR count). The first-order chi connectivity index (χ1) is 17.5. The maximum Gasteiger partial charge on any atom is 0.330 e. The van der Waals surface area contributed by atoms with Crippen molar-refractivity contribution in [1.29, 1.82) is 0 Å². The van der Waals surface area contributed by atoms with Crippen molar-refractivity contribution in [2.24, 2.45) is 0 Å². The van der Waals surface area contributed by atoms with Crippen molar-refractivity contribution in [3.05, 3.63) is 105 Å². The van der Waals surface area contributed by atoms with Crippen molar-refractivity contribution in [1.82, 2.24) is 14.5 Å². The summed E-state index contributed by atoms with van der Waals surface area (Å²) in [6.07, 6.45) is 0.579. The largest absolute Gasteiger partial charge is 0.383 e. The van der Waals surface area contributed by atoms with E-state index in [4.69, 9.17) is 10.5 Å². The number of anilines is 2.